The Morgan fingerprint density at radius 2 is 2.46 bits per heavy atom. The Labute approximate surface area is 80.3 Å². The lowest BCUT2D eigenvalue weighted by Crippen LogP contribution is -2.25. The molecule has 0 aromatic rings. The van der Waals surface area contributed by atoms with E-state index in [0.717, 1.165) is 38.4 Å². The summed E-state index contributed by atoms with van der Waals surface area (Å²) >= 11 is 0. The topological polar surface area (TPSA) is 41.1 Å². The van der Waals surface area contributed by atoms with Crippen LogP contribution >= 0.6 is 0 Å². The molecule has 0 aliphatic carbocycles. The van der Waals surface area contributed by atoms with E-state index < -0.39 is 0 Å². The summed E-state index contributed by atoms with van der Waals surface area (Å²) in [6.07, 6.45) is 4.01. The third-order valence-electron chi connectivity index (χ3n) is 2.51. The normalized spacial score (nSPS) is 21.8. The molecule has 3 heteroatoms. The predicted molar refractivity (Wildman–Crippen MR) is 53.5 cm³/mol. The second-order valence-electron chi connectivity index (χ2n) is 3.75. The second-order valence-corrected chi connectivity index (χ2v) is 3.75. The van der Waals surface area contributed by atoms with Gasteiger partial charge in [-0.05, 0) is 38.3 Å². The van der Waals surface area contributed by atoms with Crippen molar-refractivity contribution in [3.05, 3.63) is 0 Å². The zero-order valence-corrected chi connectivity index (χ0v) is 8.44. The van der Waals surface area contributed by atoms with Crippen molar-refractivity contribution in [3.63, 3.8) is 0 Å². The van der Waals surface area contributed by atoms with Crippen molar-refractivity contribution in [1.82, 2.24) is 10.6 Å². The van der Waals surface area contributed by atoms with Crippen LogP contribution in [-0.4, -0.2) is 25.5 Å². The van der Waals surface area contributed by atoms with Crippen LogP contribution in [0.2, 0.25) is 0 Å². The van der Waals surface area contributed by atoms with Crippen LogP contribution in [0.1, 0.15) is 32.6 Å². The monoisotopic (exact) mass is 184 g/mol. The second kappa shape index (κ2) is 5.97. The zero-order valence-electron chi connectivity index (χ0n) is 8.44. The fourth-order valence-corrected chi connectivity index (χ4v) is 1.69. The average Bonchev–Trinajstić information content (AvgIpc) is 2.57. The highest BCUT2D eigenvalue weighted by atomic mass is 16.1. The van der Waals surface area contributed by atoms with E-state index in [9.17, 15) is 4.79 Å². The van der Waals surface area contributed by atoms with E-state index in [0.29, 0.717) is 6.42 Å². The number of hydrogen-bond acceptors (Lipinski definition) is 2. The molecule has 0 spiro atoms. The minimum absolute atomic E-state index is 0.202. The number of carbonyl (C=O) groups excluding carboxylic acids is 1. The first-order valence-corrected chi connectivity index (χ1v) is 5.30. The van der Waals surface area contributed by atoms with Gasteiger partial charge in [0.05, 0.1) is 0 Å². The lowest BCUT2D eigenvalue weighted by molar-refractivity contribution is -0.121. The van der Waals surface area contributed by atoms with E-state index in [2.05, 4.69) is 10.6 Å². The lowest BCUT2D eigenvalue weighted by Gasteiger charge is -2.08. The van der Waals surface area contributed by atoms with Crippen LogP contribution in [0.4, 0.5) is 0 Å². The van der Waals surface area contributed by atoms with Gasteiger partial charge in [-0.25, -0.2) is 0 Å². The van der Waals surface area contributed by atoms with Crippen LogP contribution in [0.5, 0.6) is 0 Å². The number of rotatable bonds is 5. The van der Waals surface area contributed by atoms with Crippen molar-refractivity contribution >= 4 is 5.91 Å². The molecule has 1 aliphatic rings. The molecule has 1 amide bonds. The Bertz CT molecular complexity index is 153. The first-order chi connectivity index (χ1) is 6.33. The maximum Gasteiger partial charge on any atom is 0.219 e. The number of carbonyl (C=O) groups is 1. The average molecular weight is 184 g/mol. The standard InChI is InChI=1S/C10H20N2O/c1-2-3-10(13)12-7-5-9-4-6-11-8-9/h9,11H,2-8H2,1H3,(H,12,13). The van der Waals surface area contributed by atoms with Gasteiger partial charge in [0.15, 0.2) is 0 Å². The molecular formula is C10H20N2O. The molecule has 2 N–H and O–H groups in total. The maximum atomic E-state index is 11.1. The van der Waals surface area contributed by atoms with E-state index in [1.165, 1.54) is 6.42 Å². The minimum Gasteiger partial charge on any atom is -0.356 e. The Morgan fingerprint density at radius 1 is 1.62 bits per heavy atom. The van der Waals surface area contributed by atoms with Gasteiger partial charge >= 0.3 is 0 Å². The molecule has 1 saturated heterocycles. The summed E-state index contributed by atoms with van der Waals surface area (Å²) in [5.74, 6) is 0.982. The Balaban J connectivity index is 1.96. The number of amides is 1. The summed E-state index contributed by atoms with van der Waals surface area (Å²) in [6, 6.07) is 0. The van der Waals surface area contributed by atoms with Crippen molar-refractivity contribution in [2.24, 2.45) is 5.92 Å². The SMILES string of the molecule is CCCC(=O)NCCC1CCNC1. The Morgan fingerprint density at radius 3 is 3.08 bits per heavy atom. The van der Waals surface area contributed by atoms with E-state index in [1.54, 1.807) is 0 Å². The molecule has 13 heavy (non-hydrogen) atoms. The summed E-state index contributed by atoms with van der Waals surface area (Å²) in [7, 11) is 0. The Hall–Kier alpha value is -0.570. The van der Waals surface area contributed by atoms with Crippen LogP contribution in [0.3, 0.4) is 0 Å². The molecule has 0 aromatic carbocycles. The first-order valence-electron chi connectivity index (χ1n) is 5.30. The van der Waals surface area contributed by atoms with Gasteiger partial charge in [0.2, 0.25) is 5.91 Å². The highest BCUT2D eigenvalue weighted by Gasteiger charge is 2.13. The predicted octanol–water partition coefficient (Wildman–Crippen LogP) is 0.902. The fraction of sp³-hybridized carbons (Fsp3) is 0.900. The summed E-state index contributed by atoms with van der Waals surface area (Å²) in [5.41, 5.74) is 0. The highest BCUT2D eigenvalue weighted by Crippen LogP contribution is 2.10. The molecule has 1 heterocycles. The third kappa shape index (κ3) is 4.27. The lowest BCUT2D eigenvalue weighted by atomic mass is 10.1. The molecular weight excluding hydrogens is 164 g/mol. The van der Waals surface area contributed by atoms with Gasteiger partial charge < -0.3 is 10.6 Å². The van der Waals surface area contributed by atoms with Crippen LogP contribution in [0.25, 0.3) is 0 Å². The molecule has 0 saturated carbocycles. The van der Waals surface area contributed by atoms with Gasteiger partial charge in [-0.1, -0.05) is 6.92 Å². The summed E-state index contributed by atoms with van der Waals surface area (Å²) < 4.78 is 0. The number of nitrogens with one attached hydrogen (secondary N) is 2. The Kier molecular flexibility index (Phi) is 4.83. The van der Waals surface area contributed by atoms with Crippen molar-refractivity contribution in [2.75, 3.05) is 19.6 Å². The molecule has 1 unspecified atom stereocenters. The molecule has 0 radical (unpaired) electrons. The molecule has 1 rings (SSSR count). The maximum absolute atomic E-state index is 11.1. The molecule has 1 atom stereocenters. The van der Waals surface area contributed by atoms with E-state index in [4.69, 9.17) is 0 Å². The van der Waals surface area contributed by atoms with Crippen LogP contribution < -0.4 is 10.6 Å². The molecule has 0 bridgehead atoms. The van der Waals surface area contributed by atoms with Crippen molar-refractivity contribution in [2.45, 2.75) is 32.6 Å². The van der Waals surface area contributed by atoms with Gasteiger partial charge in [-0.3, -0.25) is 4.79 Å². The molecule has 76 valence electrons. The van der Waals surface area contributed by atoms with Gasteiger partial charge in [0.1, 0.15) is 0 Å². The third-order valence-corrected chi connectivity index (χ3v) is 2.51. The van der Waals surface area contributed by atoms with E-state index in [1.807, 2.05) is 6.92 Å². The summed E-state index contributed by atoms with van der Waals surface area (Å²) in [5, 5.41) is 6.27. The molecule has 1 aliphatic heterocycles. The molecule has 1 fully saturated rings. The zero-order chi connectivity index (χ0) is 9.52. The van der Waals surface area contributed by atoms with Gasteiger partial charge in [-0.15, -0.1) is 0 Å². The van der Waals surface area contributed by atoms with Crippen molar-refractivity contribution < 1.29 is 4.79 Å². The first kappa shape index (κ1) is 10.5. The number of hydrogen-bond donors (Lipinski definition) is 2. The summed E-state index contributed by atoms with van der Waals surface area (Å²) in [6.45, 7) is 5.16. The largest absolute Gasteiger partial charge is 0.356 e. The minimum atomic E-state index is 0.202. The van der Waals surface area contributed by atoms with E-state index >= 15 is 0 Å². The molecule has 3 nitrogen and oxygen atoms in total. The highest BCUT2D eigenvalue weighted by molar-refractivity contribution is 5.75. The van der Waals surface area contributed by atoms with Crippen LogP contribution in [0.15, 0.2) is 0 Å². The van der Waals surface area contributed by atoms with Crippen molar-refractivity contribution in [1.29, 1.82) is 0 Å². The van der Waals surface area contributed by atoms with Gasteiger partial charge in [-0.2, -0.15) is 0 Å². The van der Waals surface area contributed by atoms with Crippen LogP contribution in [-0.2, 0) is 4.79 Å². The van der Waals surface area contributed by atoms with Gasteiger partial charge in [0.25, 0.3) is 0 Å². The van der Waals surface area contributed by atoms with Crippen LogP contribution in [0, 0.1) is 5.92 Å². The smallest absolute Gasteiger partial charge is 0.219 e. The fourth-order valence-electron chi connectivity index (χ4n) is 1.69. The molecule has 0 aromatic heterocycles. The quantitative estimate of drug-likeness (QED) is 0.666. The van der Waals surface area contributed by atoms with E-state index in [-0.39, 0.29) is 5.91 Å². The summed E-state index contributed by atoms with van der Waals surface area (Å²) in [4.78, 5) is 11.1. The van der Waals surface area contributed by atoms with Gasteiger partial charge in [0, 0.05) is 13.0 Å². The van der Waals surface area contributed by atoms with Crippen molar-refractivity contribution in [3.8, 4) is 0 Å².